The summed E-state index contributed by atoms with van der Waals surface area (Å²) in [6.45, 7) is 0. The zero-order chi connectivity index (χ0) is 29.1. The number of carbonyl (C=O) groups is 2. The quantitative estimate of drug-likeness (QED) is 0.156. The van der Waals surface area contributed by atoms with Gasteiger partial charge in [0, 0.05) is 31.2 Å². The molecule has 4 rings (SSSR count). The van der Waals surface area contributed by atoms with Gasteiger partial charge >= 0.3 is 17.1 Å². The van der Waals surface area contributed by atoms with E-state index in [0.717, 1.165) is 0 Å². The molecule has 4 aromatic rings. The number of hydrogen-bond donors (Lipinski definition) is 2. The molecule has 13 heteroatoms. The molecule has 0 fully saturated rings. The van der Waals surface area contributed by atoms with Crippen LogP contribution in [0.3, 0.4) is 0 Å². The molecule has 0 saturated heterocycles. The van der Waals surface area contributed by atoms with E-state index in [1.807, 2.05) is 0 Å². The molecule has 209 valence electrons. The van der Waals surface area contributed by atoms with Crippen LogP contribution in [0.2, 0.25) is 20.1 Å². The molecule has 2 amide bonds. The summed E-state index contributed by atoms with van der Waals surface area (Å²) in [6.07, 6.45) is 2.42. The van der Waals surface area contributed by atoms with Crippen molar-refractivity contribution >= 4 is 70.6 Å². The number of nitrogens with zero attached hydrogens (tertiary/aromatic N) is 2. The monoisotopic (exact) mass is 669 g/mol. The third kappa shape index (κ3) is 10.4. The molecule has 0 aliphatic rings. The fraction of sp³-hybridized carbons (Fsp3) is 0. The molecule has 4 aromatic carbocycles. The molecule has 0 unspecified atom stereocenters. The molecular formula is C28H18Cl4MnN4O4. The molecule has 1 radical (unpaired) electrons. The maximum Gasteiger partial charge on any atom is 2.00 e. The van der Waals surface area contributed by atoms with Crippen LogP contribution < -0.4 is 21.1 Å². The second-order valence-electron chi connectivity index (χ2n) is 7.74. The Balaban J connectivity index is 0.000000280. The average Bonchev–Trinajstić information content (AvgIpc) is 2.95. The Morgan fingerprint density at radius 2 is 0.951 bits per heavy atom. The SMILES string of the molecule is O=C(N/N=C/c1cc(Cl)cc(Cl)c1[O-])c1ccccc1.O=C(N/N=C/c1cc(Cl)cc(Cl)c1[O-])c1ccccc1.[Mn+2]. The molecule has 0 aromatic heterocycles. The van der Waals surface area contributed by atoms with Gasteiger partial charge in [-0.2, -0.15) is 10.2 Å². The first-order valence-corrected chi connectivity index (χ1v) is 12.8. The van der Waals surface area contributed by atoms with Gasteiger partial charge in [-0.15, -0.1) is 0 Å². The number of halogens is 4. The van der Waals surface area contributed by atoms with Gasteiger partial charge in [0.25, 0.3) is 11.8 Å². The Morgan fingerprint density at radius 1 is 0.610 bits per heavy atom. The van der Waals surface area contributed by atoms with E-state index in [1.54, 1.807) is 60.7 Å². The summed E-state index contributed by atoms with van der Waals surface area (Å²) in [5.41, 5.74) is 5.98. The normalized spacial score (nSPS) is 10.4. The van der Waals surface area contributed by atoms with Crippen molar-refractivity contribution in [1.29, 1.82) is 0 Å². The summed E-state index contributed by atoms with van der Waals surface area (Å²) < 4.78 is 0. The first kappa shape index (κ1) is 33.6. The van der Waals surface area contributed by atoms with Gasteiger partial charge in [0.2, 0.25) is 0 Å². The Labute approximate surface area is 266 Å². The molecular weight excluding hydrogens is 653 g/mol. The maximum absolute atomic E-state index is 11.7. The summed E-state index contributed by atoms with van der Waals surface area (Å²) >= 11 is 23.0. The van der Waals surface area contributed by atoms with Crippen LogP contribution in [0.5, 0.6) is 11.5 Å². The van der Waals surface area contributed by atoms with Crippen LogP contribution in [-0.4, -0.2) is 24.2 Å². The third-order valence-electron chi connectivity index (χ3n) is 4.89. The van der Waals surface area contributed by atoms with Crippen molar-refractivity contribution in [3.8, 4) is 11.5 Å². The van der Waals surface area contributed by atoms with Crippen molar-refractivity contribution < 1.29 is 36.9 Å². The number of amides is 2. The van der Waals surface area contributed by atoms with E-state index in [2.05, 4.69) is 21.1 Å². The summed E-state index contributed by atoms with van der Waals surface area (Å²) in [7, 11) is 0. The average molecular weight is 671 g/mol. The fourth-order valence-electron chi connectivity index (χ4n) is 2.98. The second kappa shape index (κ2) is 16.6. The van der Waals surface area contributed by atoms with E-state index in [4.69, 9.17) is 46.4 Å². The van der Waals surface area contributed by atoms with Gasteiger partial charge in [0.05, 0.1) is 12.4 Å². The van der Waals surface area contributed by atoms with Gasteiger partial charge in [-0.1, -0.05) is 94.3 Å². The fourth-order valence-corrected chi connectivity index (χ4v) is 4.00. The molecule has 0 saturated carbocycles. The van der Waals surface area contributed by atoms with E-state index in [1.165, 1.54) is 36.7 Å². The van der Waals surface area contributed by atoms with Gasteiger partial charge in [-0.3, -0.25) is 9.59 Å². The predicted octanol–water partition coefficient (Wildman–Crippen LogP) is 5.66. The van der Waals surface area contributed by atoms with Crippen molar-refractivity contribution in [3.05, 3.63) is 127 Å². The van der Waals surface area contributed by atoms with E-state index >= 15 is 0 Å². The Bertz CT molecular complexity index is 1440. The Morgan fingerprint density at radius 3 is 1.29 bits per heavy atom. The minimum atomic E-state index is -0.395. The topological polar surface area (TPSA) is 129 Å². The largest absolute Gasteiger partial charge is 2.00 e. The first-order valence-electron chi connectivity index (χ1n) is 11.2. The summed E-state index contributed by atoms with van der Waals surface area (Å²) in [5, 5.41) is 31.4. The van der Waals surface area contributed by atoms with Gasteiger partial charge in [0.1, 0.15) is 0 Å². The Hall–Kier alpha value is -3.56. The summed E-state index contributed by atoms with van der Waals surface area (Å²) in [5.74, 6) is -1.53. The standard InChI is InChI=1S/2C14H10Cl2N2O2.Mn/c2*15-11-6-10(13(19)12(16)7-11)8-17-18-14(20)9-4-2-1-3-5-9;/h2*1-8,19H,(H,18,20);/q;;+2/p-2/b2*17-8+;. The molecule has 0 heterocycles. The molecule has 41 heavy (non-hydrogen) atoms. The van der Waals surface area contributed by atoms with Crippen LogP contribution in [0.1, 0.15) is 31.8 Å². The summed E-state index contributed by atoms with van der Waals surface area (Å²) in [6, 6.07) is 22.7. The number of nitrogens with one attached hydrogen (secondary N) is 2. The predicted molar refractivity (Wildman–Crippen MR) is 155 cm³/mol. The third-order valence-corrected chi connectivity index (χ3v) is 5.88. The van der Waals surface area contributed by atoms with Crippen LogP contribution in [0.25, 0.3) is 0 Å². The molecule has 0 spiro atoms. The summed E-state index contributed by atoms with van der Waals surface area (Å²) in [4.78, 5) is 23.4. The van der Waals surface area contributed by atoms with Crippen molar-refractivity contribution in [2.75, 3.05) is 0 Å². The maximum atomic E-state index is 11.7. The van der Waals surface area contributed by atoms with Crippen LogP contribution in [0, 0.1) is 0 Å². The molecule has 0 aliphatic carbocycles. The van der Waals surface area contributed by atoms with Gasteiger partial charge in [-0.25, -0.2) is 10.9 Å². The molecule has 0 atom stereocenters. The van der Waals surface area contributed by atoms with Gasteiger partial charge < -0.3 is 10.2 Å². The van der Waals surface area contributed by atoms with Crippen molar-refractivity contribution in [2.45, 2.75) is 0 Å². The second-order valence-corrected chi connectivity index (χ2v) is 9.43. The number of hydrazone groups is 2. The number of hydrogen-bond acceptors (Lipinski definition) is 6. The number of rotatable bonds is 6. The van der Waals surface area contributed by atoms with Crippen molar-refractivity contribution in [2.24, 2.45) is 10.2 Å². The number of benzene rings is 4. The van der Waals surface area contributed by atoms with Gasteiger partial charge in [-0.05, 0) is 59.7 Å². The number of carbonyl (C=O) groups excluding carboxylic acids is 2. The smallest absolute Gasteiger partial charge is 0.871 e. The molecule has 2 N–H and O–H groups in total. The molecule has 0 bridgehead atoms. The van der Waals surface area contributed by atoms with E-state index < -0.39 is 11.5 Å². The molecule has 0 aliphatic heterocycles. The van der Waals surface area contributed by atoms with Gasteiger partial charge in [0.15, 0.2) is 0 Å². The van der Waals surface area contributed by atoms with E-state index in [0.29, 0.717) is 21.2 Å². The van der Waals surface area contributed by atoms with Crippen LogP contribution in [0.4, 0.5) is 0 Å². The van der Waals surface area contributed by atoms with Crippen LogP contribution >= 0.6 is 46.4 Å². The van der Waals surface area contributed by atoms with Crippen LogP contribution in [-0.2, 0) is 17.1 Å². The van der Waals surface area contributed by atoms with E-state index in [9.17, 15) is 19.8 Å². The zero-order valence-corrected chi connectivity index (χ0v) is 24.9. The Kier molecular flexibility index (Phi) is 13.7. The van der Waals surface area contributed by atoms with Crippen molar-refractivity contribution in [1.82, 2.24) is 10.9 Å². The molecule has 8 nitrogen and oxygen atoms in total. The first-order chi connectivity index (χ1) is 19.2. The zero-order valence-electron chi connectivity index (χ0n) is 20.7. The van der Waals surface area contributed by atoms with Crippen molar-refractivity contribution in [3.63, 3.8) is 0 Å². The van der Waals surface area contributed by atoms with E-state index in [-0.39, 0.29) is 50.1 Å². The minimum absolute atomic E-state index is 0. The minimum Gasteiger partial charge on any atom is -0.871 e. The van der Waals surface area contributed by atoms with Crippen LogP contribution in [0.15, 0.2) is 95.1 Å².